The predicted molar refractivity (Wildman–Crippen MR) is 112 cm³/mol. The Balaban J connectivity index is 1.52. The number of hydrogen-bond acceptors (Lipinski definition) is 4. The molecule has 1 aromatic carbocycles. The van der Waals surface area contributed by atoms with Crippen LogP contribution in [0, 0.1) is 11.8 Å². The molecule has 0 amide bonds. The molecule has 1 saturated carbocycles. The minimum atomic E-state index is -0.755. The van der Waals surface area contributed by atoms with Crippen LogP contribution in [0.15, 0.2) is 61.2 Å². The molecule has 1 saturated heterocycles. The summed E-state index contributed by atoms with van der Waals surface area (Å²) in [6.45, 7) is 0.689. The van der Waals surface area contributed by atoms with E-state index in [1.807, 2.05) is 6.07 Å². The second-order valence-corrected chi connectivity index (χ2v) is 8.41. The number of carbonyl (C=O) groups is 2. The van der Waals surface area contributed by atoms with Crippen LogP contribution in [-0.4, -0.2) is 39.2 Å². The van der Waals surface area contributed by atoms with E-state index in [-0.39, 0.29) is 29.8 Å². The van der Waals surface area contributed by atoms with E-state index in [1.165, 1.54) is 5.56 Å². The fraction of sp³-hybridized carbons (Fsp3) is 0.458. The topological polar surface area (TPSA) is 81.4 Å². The lowest BCUT2D eigenvalue weighted by Crippen LogP contribution is -2.40. The summed E-state index contributed by atoms with van der Waals surface area (Å²) in [4.78, 5) is 27.5. The van der Waals surface area contributed by atoms with E-state index in [0.717, 1.165) is 19.3 Å². The van der Waals surface area contributed by atoms with E-state index >= 15 is 0 Å². The molecule has 2 bridgehead atoms. The van der Waals surface area contributed by atoms with Crippen molar-refractivity contribution in [3.8, 4) is 0 Å². The van der Waals surface area contributed by atoms with Gasteiger partial charge in [-0.2, -0.15) is 0 Å². The van der Waals surface area contributed by atoms with Crippen LogP contribution in [0.5, 0.6) is 0 Å². The van der Waals surface area contributed by atoms with Crippen molar-refractivity contribution in [2.45, 2.75) is 50.0 Å². The van der Waals surface area contributed by atoms with Crippen molar-refractivity contribution >= 4 is 11.9 Å². The van der Waals surface area contributed by atoms with Gasteiger partial charge in [0.25, 0.3) is 0 Å². The monoisotopic (exact) mass is 408 g/mol. The van der Waals surface area contributed by atoms with Gasteiger partial charge < -0.3 is 9.84 Å². The molecule has 2 fully saturated rings. The normalized spacial score (nSPS) is 27.7. The van der Waals surface area contributed by atoms with E-state index in [1.54, 1.807) is 23.3 Å². The molecule has 30 heavy (non-hydrogen) atoms. The van der Waals surface area contributed by atoms with Crippen molar-refractivity contribution in [1.29, 1.82) is 0 Å². The zero-order valence-electron chi connectivity index (χ0n) is 17.0. The Hall–Kier alpha value is -2.73. The molecular formula is C24H28N2O4. The van der Waals surface area contributed by atoms with Gasteiger partial charge in [-0.1, -0.05) is 42.5 Å². The highest BCUT2D eigenvalue weighted by molar-refractivity contribution is 5.79. The fourth-order valence-corrected chi connectivity index (χ4v) is 5.24. The summed E-state index contributed by atoms with van der Waals surface area (Å²) < 4.78 is 7.73. The lowest BCUT2D eigenvalue weighted by Gasteiger charge is -2.39. The Labute approximate surface area is 176 Å². The number of rotatable bonds is 9. The first kappa shape index (κ1) is 20.5. The number of carboxylic acids is 1. The zero-order chi connectivity index (χ0) is 21.0. The average Bonchev–Trinajstić information content (AvgIpc) is 3.48. The first-order chi connectivity index (χ1) is 14.6. The van der Waals surface area contributed by atoms with Crippen LogP contribution in [0.1, 0.15) is 48.9 Å². The van der Waals surface area contributed by atoms with Gasteiger partial charge in [-0.25, -0.2) is 4.98 Å². The van der Waals surface area contributed by atoms with Crippen molar-refractivity contribution in [1.82, 2.24) is 9.55 Å². The number of carboxylic acid groups (broad SMARTS) is 1. The smallest absolute Gasteiger partial charge is 0.303 e. The van der Waals surface area contributed by atoms with Crippen LogP contribution >= 0.6 is 0 Å². The standard InChI is InChI=1S/C24H28N2O4/c27-22(26-13-12-25-17-26)14-19-20(10-6-1-2-7-11-23(28)29)24(15-21(19)30-16-24)18-8-4-3-5-9-18/h1,3-6,8-9,12-13,17,19-21H,2,7,10-11,14-16H2,(H,28,29)/t19-,20+,21+,24+/m1/s1. The van der Waals surface area contributed by atoms with Crippen molar-refractivity contribution in [3.63, 3.8) is 0 Å². The molecule has 2 heterocycles. The van der Waals surface area contributed by atoms with Crippen molar-refractivity contribution < 1.29 is 19.4 Å². The van der Waals surface area contributed by atoms with Gasteiger partial charge in [0.15, 0.2) is 0 Å². The Morgan fingerprint density at radius 3 is 2.83 bits per heavy atom. The van der Waals surface area contributed by atoms with E-state index < -0.39 is 5.97 Å². The third-order valence-electron chi connectivity index (χ3n) is 6.69. The highest BCUT2D eigenvalue weighted by Crippen LogP contribution is 2.57. The summed E-state index contributed by atoms with van der Waals surface area (Å²) in [7, 11) is 0. The maximum atomic E-state index is 12.8. The quantitative estimate of drug-likeness (QED) is 0.499. The molecule has 1 aromatic heterocycles. The van der Waals surface area contributed by atoms with E-state index in [9.17, 15) is 9.59 Å². The number of unbranched alkanes of at least 4 members (excludes halogenated alkanes) is 1. The first-order valence-corrected chi connectivity index (χ1v) is 10.7. The number of imidazole rings is 1. The molecule has 0 radical (unpaired) electrons. The average molecular weight is 408 g/mol. The molecule has 4 rings (SSSR count). The Bertz CT molecular complexity index is 893. The number of aromatic nitrogens is 2. The van der Waals surface area contributed by atoms with Gasteiger partial charge in [0.2, 0.25) is 5.91 Å². The van der Waals surface area contributed by atoms with Crippen LogP contribution in [0.25, 0.3) is 0 Å². The summed E-state index contributed by atoms with van der Waals surface area (Å²) in [6, 6.07) is 10.5. The Morgan fingerprint density at radius 1 is 1.27 bits per heavy atom. The summed E-state index contributed by atoms with van der Waals surface area (Å²) in [5.41, 5.74) is 1.21. The molecule has 6 heteroatoms. The number of carbonyl (C=O) groups excluding carboxylic acids is 1. The van der Waals surface area contributed by atoms with E-state index in [2.05, 4.69) is 41.4 Å². The first-order valence-electron chi connectivity index (χ1n) is 10.7. The van der Waals surface area contributed by atoms with E-state index in [0.29, 0.717) is 25.4 Å². The molecule has 2 aliphatic rings. The number of nitrogens with zero attached hydrogens (tertiary/aromatic N) is 2. The van der Waals surface area contributed by atoms with Crippen LogP contribution < -0.4 is 0 Å². The Morgan fingerprint density at radius 2 is 2.10 bits per heavy atom. The minimum Gasteiger partial charge on any atom is -0.481 e. The molecule has 0 spiro atoms. The lowest BCUT2D eigenvalue weighted by atomic mass is 9.68. The largest absolute Gasteiger partial charge is 0.481 e. The number of fused-ring (bicyclic) bond motifs is 2. The molecule has 1 aliphatic carbocycles. The van der Waals surface area contributed by atoms with Gasteiger partial charge in [0.05, 0.1) is 12.7 Å². The minimum absolute atomic E-state index is 0.0484. The SMILES string of the molecule is O=C(O)CCCC=CC[C@H]1[C@@H](CC(=O)n2ccnc2)[C@@H]2C[C@@]1(c1ccccc1)CO2. The summed E-state index contributed by atoms with van der Waals surface area (Å²) in [6.07, 6.45) is 13.1. The fourth-order valence-electron chi connectivity index (χ4n) is 5.24. The maximum absolute atomic E-state index is 12.8. The summed E-state index contributed by atoms with van der Waals surface area (Å²) in [5.74, 6) is -0.249. The zero-order valence-corrected chi connectivity index (χ0v) is 17.0. The van der Waals surface area contributed by atoms with Crippen LogP contribution in [0.4, 0.5) is 0 Å². The van der Waals surface area contributed by atoms with Crippen molar-refractivity contribution in [3.05, 3.63) is 66.8 Å². The van der Waals surface area contributed by atoms with Crippen molar-refractivity contribution in [2.24, 2.45) is 11.8 Å². The molecule has 6 nitrogen and oxygen atoms in total. The third-order valence-corrected chi connectivity index (χ3v) is 6.69. The van der Waals surface area contributed by atoms with Gasteiger partial charge in [-0.05, 0) is 43.1 Å². The van der Waals surface area contributed by atoms with Gasteiger partial charge in [0, 0.05) is 30.7 Å². The molecule has 2 aromatic rings. The van der Waals surface area contributed by atoms with Gasteiger partial charge in [-0.3, -0.25) is 14.2 Å². The van der Waals surface area contributed by atoms with E-state index in [4.69, 9.17) is 9.84 Å². The summed E-state index contributed by atoms with van der Waals surface area (Å²) >= 11 is 0. The number of benzene rings is 1. The molecule has 1 N–H and O–H groups in total. The number of hydrogen-bond donors (Lipinski definition) is 1. The molecule has 1 aliphatic heterocycles. The number of ether oxygens (including phenoxy) is 1. The van der Waals surface area contributed by atoms with Crippen LogP contribution in [0.3, 0.4) is 0 Å². The van der Waals surface area contributed by atoms with Crippen molar-refractivity contribution in [2.75, 3.05) is 6.61 Å². The second kappa shape index (κ2) is 8.96. The second-order valence-electron chi connectivity index (χ2n) is 8.41. The predicted octanol–water partition coefficient (Wildman–Crippen LogP) is 4.09. The van der Waals surface area contributed by atoms with Crippen LogP contribution in [0.2, 0.25) is 0 Å². The molecule has 4 atom stereocenters. The summed E-state index contributed by atoms with van der Waals surface area (Å²) in [5, 5.41) is 8.79. The van der Waals surface area contributed by atoms with Gasteiger partial charge in [0.1, 0.15) is 6.33 Å². The van der Waals surface area contributed by atoms with Gasteiger partial charge in [-0.15, -0.1) is 0 Å². The lowest BCUT2D eigenvalue weighted by molar-refractivity contribution is -0.137. The number of aliphatic carboxylic acids is 1. The Kier molecular flexibility index (Phi) is 6.13. The molecular weight excluding hydrogens is 380 g/mol. The third kappa shape index (κ3) is 4.10. The van der Waals surface area contributed by atoms with Crippen LogP contribution in [-0.2, 0) is 14.9 Å². The van der Waals surface area contributed by atoms with Gasteiger partial charge >= 0.3 is 5.97 Å². The highest BCUT2D eigenvalue weighted by Gasteiger charge is 2.59. The molecule has 0 unspecified atom stereocenters. The number of allylic oxidation sites excluding steroid dienone is 2. The highest BCUT2D eigenvalue weighted by atomic mass is 16.5. The molecule has 158 valence electrons. The maximum Gasteiger partial charge on any atom is 0.303 e.